The Hall–Kier alpha value is -2.80. The predicted molar refractivity (Wildman–Crippen MR) is 95.1 cm³/mol. The number of hydrogen-bond donors (Lipinski definition) is 0. The van der Waals surface area contributed by atoms with Crippen LogP contribution in [0.3, 0.4) is 0 Å². The summed E-state index contributed by atoms with van der Waals surface area (Å²) in [6, 6.07) is 12.4. The van der Waals surface area contributed by atoms with Crippen LogP contribution in [0.15, 0.2) is 53.6 Å². The fourth-order valence-electron chi connectivity index (χ4n) is 2.56. The van der Waals surface area contributed by atoms with Crippen molar-refractivity contribution >= 4 is 35.0 Å². The SMILES string of the molecule is COC(=O)[C@@H](C)N1C(=O)SC(=Cc2cccn2-c2ccccc2)C1=O. The molecule has 2 aromatic rings. The summed E-state index contributed by atoms with van der Waals surface area (Å²) in [6.45, 7) is 1.47. The van der Waals surface area contributed by atoms with Crippen molar-refractivity contribution in [3.8, 4) is 5.69 Å². The fraction of sp³-hybridized carbons (Fsp3) is 0.167. The minimum absolute atomic E-state index is 0.275. The average Bonchev–Trinajstić information content (AvgIpc) is 3.19. The molecule has 2 heterocycles. The van der Waals surface area contributed by atoms with Gasteiger partial charge in [-0.3, -0.25) is 14.5 Å². The summed E-state index contributed by atoms with van der Waals surface area (Å²) in [4.78, 5) is 37.6. The van der Waals surface area contributed by atoms with E-state index in [-0.39, 0.29) is 4.91 Å². The van der Waals surface area contributed by atoms with E-state index in [1.807, 2.05) is 53.2 Å². The summed E-state index contributed by atoms with van der Waals surface area (Å²) in [7, 11) is 1.22. The molecule has 0 unspecified atom stereocenters. The van der Waals surface area contributed by atoms with Crippen LogP contribution >= 0.6 is 11.8 Å². The minimum Gasteiger partial charge on any atom is -0.467 e. The molecular formula is C18H16N2O4S. The number of benzene rings is 1. The molecule has 0 N–H and O–H groups in total. The van der Waals surface area contributed by atoms with Crippen molar-refractivity contribution in [3.63, 3.8) is 0 Å². The molecule has 0 aliphatic carbocycles. The average molecular weight is 356 g/mol. The Labute approximate surface area is 149 Å². The minimum atomic E-state index is -0.954. The van der Waals surface area contributed by atoms with Gasteiger partial charge in [-0.2, -0.15) is 0 Å². The Morgan fingerprint density at radius 3 is 2.56 bits per heavy atom. The molecule has 1 aromatic heterocycles. The lowest BCUT2D eigenvalue weighted by atomic mass is 10.2. The van der Waals surface area contributed by atoms with Crippen molar-refractivity contribution < 1.29 is 19.1 Å². The number of ether oxygens (including phenoxy) is 1. The summed E-state index contributed by atoms with van der Waals surface area (Å²) in [6.07, 6.45) is 3.53. The first-order valence-corrected chi connectivity index (χ1v) is 8.42. The number of amides is 2. The third-order valence-electron chi connectivity index (χ3n) is 3.85. The monoisotopic (exact) mass is 356 g/mol. The zero-order chi connectivity index (χ0) is 18.0. The molecule has 1 fully saturated rings. The van der Waals surface area contributed by atoms with Crippen molar-refractivity contribution in [2.45, 2.75) is 13.0 Å². The van der Waals surface area contributed by atoms with Gasteiger partial charge in [0, 0.05) is 17.6 Å². The van der Waals surface area contributed by atoms with Crippen LogP contribution in [-0.4, -0.2) is 39.7 Å². The van der Waals surface area contributed by atoms with E-state index >= 15 is 0 Å². The number of thioether (sulfide) groups is 1. The molecule has 0 spiro atoms. The molecule has 25 heavy (non-hydrogen) atoms. The van der Waals surface area contributed by atoms with Crippen molar-refractivity contribution in [2.75, 3.05) is 7.11 Å². The number of nitrogens with zero attached hydrogens (tertiary/aromatic N) is 2. The van der Waals surface area contributed by atoms with Crippen LogP contribution in [0.5, 0.6) is 0 Å². The van der Waals surface area contributed by atoms with Gasteiger partial charge in [-0.1, -0.05) is 18.2 Å². The van der Waals surface area contributed by atoms with Crippen LogP contribution in [0.1, 0.15) is 12.6 Å². The number of imide groups is 1. The molecule has 1 atom stereocenters. The van der Waals surface area contributed by atoms with E-state index in [9.17, 15) is 14.4 Å². The maximum absolute atomic E-state index is 12.6. The highest BCUT2D eigenvalue weighted by Gasteiger charge is 2.41. The summed E-state index contributed by atoms with van der Waals surface area (Å²) in [5, 5.41) is -0.480. The van der Waals surface area contributed by atoms with E-state index in [0.717, 1.165) is 28.0 Å². The van der Waals surface area contributed by atoms with Crippen LogP contribution < -0.4 is 0 Å². The van der Waals surface area contributed by atoms with Crippen molar-refractivity contribution in [2.24, 2.45) is 0 Å². The van der Waals surface area contributed by atoms with Gasteiger partial charge in [-0.15, -0.1) is 0 Å². The molecule has 1 aliphatic rings. The zero-order valence-electron chi connectivity index (χ0n) is 13.7. The quantitative estimate of drug-likeness (QED) is 0.622. The first-order valence-electron chi connectivity index (χ1n) is 7.60. The predicted octanol–water partition coefficient (Wildman–Crippen LogP) is 3.08. The molecule has 0 radical (unpaired) electrons. The number of carbonyl (C=O) groups is 3. The Kier molecular flexibility index (Phi) is 4.76. The van der Waals surface area contributed by atoms with Crippen LogP contribution in [0.25, 0.3) is 11.8 Å². The van der Waals surface area contributed by atoms with Gasteiger partial charge in [0.15, 0.2) is 0 Å². The molecule has 0 bridgehead atoms. The zero-order valence-corrected chi connectivity index (χ0v) is 14.5. The Balaban J connectivity index is 1.92. The maximum Gasteiger partial charge on any atom is 0.328 e. The summed E-state index contributed by atoms with van der Waals surface area (Å²) in [5.41, 5.74) is 1.71. The number of hydrogen-bond acceptors (Lipinski definition) is 5. The third-order valence-corrected chi connectivity index (χ3v) is 4.73. The fourth-order valence-corrected chi connectivity index (χ4v) is 3.45. The number of rotatable bonds is 4. The number of aromatic nitrogens is 1. The Morgan fingerprint density at radius 2 is 1.88 bits per heavy atom. The lowest BCUT2D eigenvalue weighted by Gasteiger charge is -2.18. The molecule has 1 aliphatic heterocycles. The van der Waals surface area contributed by atoms with E-state index in [1.165, 1.54) is 14.0 Å². The number of carbonyl (C=O) groups excluding carboxylic acids is 3. The number of para-hydroxylation sites is 1. The van der Waals surface area contributed by atoms with E-state index in [1.54, 1.807) is 6.08 Å². The largest absolute Gasteiger partial charge is 0.467 e. The smallest absolute Gasteiger partial charge is 0.328 e. The number of esters is 1. The molecular weight excluding hydrogens is 340 g/mol. The summed E-state index contributed by atoms with van der Waals surface area (Å²) >= 11 is 0.818. The van der Waals surface area contributed by atoms with Gasteiger partial charge in [0.2, 0.25) is 0 Å². The van der Waals surface area contributed by atoms with Crippen molar-refractivity contribution in [1.82, 2.24) is 9.47 Å². The van der Waals surface area contributed by atoms with Crippen LogP contribution in [-0.2, 0) is 14.3 Å². The van der Waals surface area contributed by atoms with Gasteiger partial charge < -0.3 is 9.30 Å². The highest BCUT2D eigenvalue weighted by molar-refractivity contribution is 8.18. The van der Waals surface area contributed by atoms with E-state index in [0.29, 0.717) is 0 Å². The maximum atomic E-state index is 12.6. The normalized spacial score (nSPS) is 17.2. The van der Waals surface area contributed by atoms with Crippen molar-refractivity contribution in [3.05, 3.63) is 59.3 Å². The van der Waals surface area contributed by atoms with Crippen molar-refractivity contribution in [1.29, 1.82) is 0 Å². The van der Waals surface area contributed by atoms with Gasteiger partial charge in [-0.05, 0) is 49.0 Å². The Morgan fingerprint density at radius 1 is 1.16 bits per heavy atom. The van der Waals surface area contributed by atoms with Crippen LogP contribution in [0, 0.1) is 0 Å². The third kappa shape index (κ3) is 3.23. The second kappa shape index (κ2) is 6.98. The molecule has 1 saturated heterocycles. The van der Waals surface area contributed by atoms with E-state index in [4.69, 9.17) is 0 Å². The molecule has 0 saturated carbocycles. The highest BCUT2D eigenvalue weighted by atomic mass is 32.2. The molecule has 6 nitrogen and oxygen atoms in total. The Bertz CT molecular complexity index is 857. The second-order valence-electron chi connectivity index (χ2n) is 5.39. The lowest BCUT2D eigenvalue weighted by Crippen LogP contribution is -2.42. The van der Waals surface area contributed by atoms with Gasteiger partial charge in [0.1, 0.15) is 6.04 Å². The molecule has 2 amide bonds. The topological polar surface area (TPSA) is 68.6 Å². The molecule has 3 rings (SSSR count). The molecule has 1 aromatic carbocycles. The van der Waals surface area contributed by atoms with Gasteiger partial charge in [0.25, 0.3) is 11.1 Å². The molecule has 7 heteroatoms. The number of methoxy groups -OCH3 is 1. The van der Waals surface area contributed by atoms with Crippen LogP contribution in [0.2, 0.25) is 0 Å². The van der Waals surface area contributed by atoms with E-state index < -0.39 is 23.2 Å². The van der Waals surface area contributed by atoms with Gasteiger partial charge >= 0.3 is 5.97 Å². The van der Waals surface area contributed by atoms with E-state index in [2.05, 4.69) is 4.74 Å². The first-order chi connectivity index (χ1) is 12.0. The summed E-state index contributed by atoms with van der Waals surface area (Å²) < 4.78 is 6.54. The first kappa shape index (κ1) is 17.0. The molecule has 128 valence electrons. The highest BCUT2D eigenvalue weighted by Crippen LogP contribution is 2.34. The standard InChI is InChI=1S/C18H16N2O4S/c1-12(17(22)24-2)20-16(21)15(25-18(20)23)11-14-9-6-10-19(14)13-7-4-3-5-8-13/h3-12H,1-2H3/t12-/m1/s1. The van der Waals surface area contributed by atoms with Crippen LogP contribution in [0.4, 0.5) is 4.79 Å². The van der Waals surface area contributed by atoms with Gasteiger partial charge in [0.05, 0.1) is 12.0 Å². The lowest BCUT2D eigenvalue weighted by molar-refractivity contribution is -0.148. The van der Waals surface area contributed by atoms with Gasteiger partial charge in [-0.25, -0.2) is 4.79 Å². The second-order valence-corrected chi connectivity index (χ2v) is 6.38. The summed E-state index contributed by atoms with van der Waals surface area (Å²) in [5.74, 6) is -1.12.